The molecule has 0 aliphatic carbocycles. The zero-order valence-electron chi connectivity index (χ0n) is 9.69. The Labute approximate surface area is 112 Å². The van der Waals surface area contributed by atoms with E-state index in [2.05, 4.69) is 4.98 Å². The van der Waals surface area contributed by atoms with E-state index in [1.807, 2.05) is 0 Å². The first-order valence-electron chi connectivity index (χ1n) is 5.40. The number of hydrogen-bond donors (Lipinski definition) is 1. The summed E-state index contributed by atoms with van der Waals surface area (Å²) in [6, 6.07) is 8.87. The smallest absolute Gasteiger partial charge is 0.392 e. The van der Waals surface area contributed by atoms with Crippen molar-refractivity contribution in [3.63, 3.8) is 0 Å². The van der Waals surface area contributed by atoms with E-state index in [-0.39, 0.29) is 11.6 Å². The molecule has 100 valence electrons. The van der Waals surface area contributed by atoms with Crippen LogP contribution in [0.5, 0.6) is 0 Å². The monoisotopic (exact) mass is 285 g/mol. The lowest BCUT2D eigenvalue weighted by Crippen LogP contribution is -2.04. The number of benzene rings is 1. The van der Waals surface area contributed by atoms with Crippen molar-refractivity contribution < 1.29 is 18.3 Å². The molecule has 0 bridgehead atoms. The number of hydrogen-bond acceptors (Lipinski definition) is 3. The quantitative estimate of drug-likeness (QED) is 0.932. The fraction of sp³-hybridized carbons (Fsp3) is 0.154. The topological polar surface area (TPSA) is 33.1 Å². The molecule has 0 spiro atoms. The predicted octanol–water partition coefficient (Wildman–Crippen LogP) is 3.74. The van der Waals surface area contributed by atoms with Gasteiger partial charge in [-0.15, -0.1) is 0 Å². The first-order chi connectivity index (χ1) is 8.99. The molecule has 6 heteroatoms. The highest BCUT2D eigenvalue weighted by Crippen LogP contribution is 2.33. The lowest BCUT2D eigenvalue weighted by Gasteiger charge is -2.07. The van der Waals surface area contributed by atoms with E-state index in [0.29, 0.717) is 0 Å². The van der Waals surface area contributed by atoms with E-state index < -0.39 is 11.7 Å². The Kier molecular flexibility index (Phi) is 4.11. The molecule has 0 aliphatic rings. The Balaban J connectivity index is 2.18. The fourth-order valence-corrected chi connectivity index (χ4v) is 2.24. The van der Waals surface area contributed by atoms with Crippen LogP contribution in [0.2, 0.25) is 0 Å². The molecule has 0 amide bonds. The fourth-order valence-electron chi connectivity index (χ4n) is 1.43. The normalized spacial score (nSPS) is 11.6. The van der Waals surface area contributed by atoms with Gasteiger partial charge in [-0.05, 0) is 29.8 Å². The summed E-state index contributed by atoms with van der Waals surface area (Å²) in [5.74, 6) is 0. The molecular formula is C13H10F3NOS. The average molecular weight is 285 g/mol. The van der Waals surface area contributed by atoms with Crippen LogP contribution in [0, 0.1) is 0 Å². The maximum absolute atomic E-state index is 12.5. The number of aliphatic hydroxyl groups is 1. The summed E-state index contributed by atoms with van der Waals surface area (Å²) < 4.78 is 37.6. The SMILES string of the molecule is OCc1ccc(Sc2cc(C(F)(F)F)ccn2)cc1. The van der Waals surface area contributed by atoms with Crippen molar-refractivity contribution in [1.82, 2.24) is 4.98 Å². The summed E-state index contributed by atoms with van der Waals surface area (Å²) in [6.45, 7) is -0.0627. The van der Waals surface area contributed by atoms with Crippen molar-refractivity contribution in [2.45, 2.75) is 22.7 Å². The Morgan fingerprint density at radius 1 is 1.11 bits per heavy atom. The first kappa shape index (κ1) is 13.9. The molecule has 0 fully saturated rings. The van der Waals surface area contributed by atoms with E-state index in [0.717, 1.165) is 40.6 Å². The van der Waals surface area contributed by atoms with E-state index in [1.54, 1.807) is 24.3 Å². The Morgan fingerprint density at radius 2 is 1.79 bits per heavy atom. The summed E-state index contributed by atoms with van der Waals surface area (Å²) in [5, 5.41) is 9.18. The van der Waals surface area contributed by atoms with Gasteiger partial charge < -0.3 is 5.11 Å². The number of aliphatic hydroxyl groups excluding tert-OH is 1. The van der Waals surface area contributed by atoms with Gasteiger partial charge in [-0.1, -0.05) is 23.9 Å². The van der Waals surface area contributed by atoms with Gasteiger partial charge in [0.25, 0.3) is 0 Å². The molecule has 0 saturated heterocycles. The summed E-state index contributed by atoms with van der Waals surface area (Å²) >= 11 is 1.14. The van der Waals surface area contributed by atoms with Crippen LogP contribution in [-0.4, -0.2) is 10.1 Å². The third-order valence-corrected chi connectivity index (χ3v) is 3.33. The maximum Gasteiger partial charge on any atom is 0.416 e. The van der Waals surface area contributed by atoms with Crippen molar-refractivity contribution >= 4 is 11.8 Å². The second-order valence-corrected chi connectivity index (χ2v) is 4.88. The van der Waals surface area contributed by atoms with Crippen molar-refractivity contribution in [3.8, 4) is 0 Å². The van der Waals surface area contributed by atoms with E-state index in [9.17, 15) is 13.2 Å². The molecular weight excluding hydrogens is 275 g/mol. The molecule has 2 rings (SSSR count). The minimum Gasteiger partial charge on any atom is -0.392 e. The van der Waals surface area contributed by atoms with Gasteiger partial charge in [-0.25, -0.2) is 4.98 Å². The number of aromatic nitrogens is 1. The van der Waals surface area contributed by atoms with Crippen LogP contribution in [0.1, 0.15) is 11.1 Å². The molecule has 0 aliphatic heterocycles. The zero-order valence-corrected chi connectivity index (χ0v) is 10.5. The van der Waals surface area contributed by atoms with Crippen LogP contribution in [0.3, 0.4) is 0 Å². The summed E-state index contributed by atoms with van der Waals surface area (Å²) in [7, 11) is 0. The van der Waals surface area contributed by atoms with Gasteiger partial charge in [0, 0.05) is 11.1 Å². The standard InChI is InChI=1S/C13H10F3NOS/c14-13(15,16)10-5-6-17-12(7-10)19-11-3-1-9(8-18)2-4-11/h1-7,18H,8H2. The van der Waals surface area contributed by atoms with Gasteiger partial charge in [0.2, 0.25) is 0 Å². The molecule has 0 atom stereocenters. The molecule has 2 aromatic rings. The molecule has 0 saturated carbocycles. The number of halogens is 3. The highest BCUT2D eigenvalue weighted by Gasteiger charge is 2.30. The Bertz CT molecular complexity index is 555. The molecule has 1 aromatic carbocycles. The van der Waals surface area contributed by atoms with Crippen molar-refractivity contribution in [2.75, 3.05) is 0 Å². The minimum absolute atomic E-state index is 0.0627. The second-order valence-electron chi connectivity index (χ2n) is 3.78. The summed E-state index contributed by atoms with van der Waals surface area (Å²) in [4.78, 5) is 4.67. The van der Waals surface area contributed by atoms with Crippen molar-refractivity contribution in [3.05, 3.63) is 53.7 Å². The molecule has 1 heterocycles. The van der Waals surface area contributed by atoms with Gasteiger partial charge in [-0.3, -0.25) is 0 Å². The zero-order chi connectivity index (χ0) is 13.9. The Hall–Kier alpha value is -1.53. The molecule has 2 nitrogen and oxygen atoms in total. The van der Waals surface area contributed by atoms with E-state index >= 15 is 0 Å². The largest absolute Gasteiger partial charge is 0.416 e. The molecule has 1 aromatic heterocycles. The Morgan fingerprint density at radius 3 is 2.37 bits per heavy atom. The molecule has 0 unspecified atom stereocenters. The third-order valence-electron chi connectivity index (χ3n) is 2.39. The van der Waals surface area contributed by atoms with Crippen LogP contribution in [-0.2, 0) is 12.8 Å². The van der Waals surface area contributed by atoms with Crippen molar-refractivity contribution in [2.24, 2.45) is 0 Å². The lowest BCUT2D eigenvalue weighted by molar-refractivity contribution is -0.137. The second kappa shape index (κ2) is 5.63. The lowest BCUT2D eigenvalue weighted by atomic mass is 10.2. The van der Waals surface area contributed by atoms with E-state index in [4.69, 9.17) is 5.11 Å². The van der Waals surface area contributed by atoms with Crippen LogP contribution in [0.15, 0.2) is 52.5 Å². The van der Waals surface area contributed by atoms with Crippen molar-refractivity contribution in [1.29, 1.82) is 0 Å². The number of pyridine rings is 1. The highest BCUT2D eigenvalue weighted by molar-refractivity contribution is 7.99. The molecule has 0 radical (unpaired) electrons. The number of alkyl halides is 3. The van der Waals surface area contributed by atoms with Gasteiger partial charge >= 0.3 is 6.18 Å². The van der Waals surface area contributed by atoms with Gasteiger partial charge in [0.1, 0.15) is 5.03 Å². The van der Waals surface area contributed by atoms with Gasteiger partial charge in [0.05, 0.1) is 12.2 Å². The van der Waals surface area contributed by atoms with Crippen LogP contribution < -0.4 is 0 Å². The van der Waals surface area contributed by atoms with E-state index in [1.165, 1.54) is 0 Å². The molecule has 19 heavy (non-hydrogen) atoms. The number of rotatable bonds is 3. The van der Waals surface area contributed by atoms with Gasteiger partial charge in [-0.2, -0.15) is 13.2 Å². The molecule has 1 N–H and O–H groups in total. The van der Waals surface area contributed by atoms with Gasteiger partial charge in [0.15, 0.2) is 0 Å². The number of nitrogens with zero attached hydrogens (tertiary/aromatic N) is 1. The average Bonchev–Trinajstić information content (AvgIpc) is 2.39. The third kappa shape index (κ3) is 3.71. The minimum atomic E-state index is -4.36. The summed E-state index contributed by atoms with van der Waals surface area (Å²) in [6.07, 6.45) is -3.22. The van der Waals surface area contributed by atoms with Crippen LogP contribution >= 0.6 is 11.8 Å². The first-order valence-corrected chi connectivity index (χ1v) is 6.21. The van der Waals surface area contributed by atoms with Crippen LogP contribution in [0.25, 0.3) is 0 Å². The summed E-state index contributed by atoms with van der Waals surface area (Å²) in [5.41, 5.74) is 0.0401. The van der Waals surface area contributed by atoms with Crippen LogP contribution in [0.4, 0.5) is 13.2 Å². The maximum atomic E-state index is 12.5. The highest BCUT2D eigenvalue weighted by atomic mass is 32.2. The predicted molar refractivity (Wildman–Crippen MR) is 65.7 cm³/mol.